The van der Waals surface area contributed by atoms with Crippen LogP contribution in [0, 0.1) is 0 Å². The minimum absolute atomic E-state index is 0.133. The number of carbonyl (C=O) groups is 2. The lowest BCUT2D eigenvalue weighted by atomic mass is 10.2. The molecule has 2 aromatic rings. The van der Waals surface area contributed by atoms with Crippen LogP contribution in [0.2, 0.25) is 0 Å². The van der Waals surface area contributed by atoms with Gasteiger partial charge in [-0.05, 0) is 37.7 Å². The predicted molar refractivity (Wildman–Crippen MR) is 113 cm³/mol. The highest BCUT2D eigenvalue weighted by Crippen LogP contribution is 2.35. The van der Waals surface area contributed by atoms with E-state index in [4.69, 9.17) is 17.0 Å². The third-order valence-electron chi connectivity index (χ3n) is 3.99. The standard InChI is InChI=1S/C19H23N3O3S2/c1-5-21(18(26)22(6-2)19(24)25-4)17(23)16-14(20-3)12-15(27-16)13-10-8-7-9-11-13/h7-12,20H,5-6H2,1-4H3. The minimum Gasteiger partial charge on any atom is -0.452 e. The molecule has 2 amide bonds. The number of methoxy groups -OCH3 is 1. The molecule has 6 nitrogen and oxygen atoms in total. The molecule has 1 N–H and O–H groups in total. The molecule has 0 unspecified atom stereocenters. The quantitative estimate of drug-likeness (QED) is 0.752. The summed E-state index contributed by atoms with van der Waals surface area (Å²) in [6.45, 7) is 4.25. The molecule has 8 heteroatoms. The van der Waals surface area contributed by atoms with E-state index in [0.717, 1.165) is 16.1 Å². The lowest BCUT2D eigenvalue weighted by Gasteiger charge is -2.28. The maximum Gasteiger partial charge on any atom is 0.415 e. The molecule has 27 heavy (non-hydrogen) atoms. The maximum absolute atomic E-state index is 13.2. The smallest absolute Gasteiger partial charge is 0.415 e. The zero-order valence-corrected chi connectivity index (χ0v) is 17.4. The first-order chi connectivity index (χ1) is 13.0. The third-order valence-corrected chi connectivity index (χ3v) is 5.60. The fraction of sp³-hybridized carbons (Fsp3) is 0.316. The van der Waals surface area contributed by atoms with Crippen LogP contribution in [0.3, 0.4) is 0 Å². The van der Waals surface area contributed by atoms with Gasteiger partial charge in [0.2, 0.25) is 0 Å². The van der Waals surface area contributed by atoms with Crippen molar-refractivity contribution in [1.82, 2.24) is 9.80 Å². The van der Waals surface area contributed by atoms with Crippen molar-refractivity contribution in [1.29, 1.82) is 0 Å². The Hall–Kier alpha value is -2.45. The van der Waals surface area contributed by atoms with Crippen LogP contribution in [0.5, 0.6) is 0 Å². The number of nitrogens with one attached hydrogen (secondary N) is 1. The van der Waals surface area contributed by atoms with E-state index in [-0.39, 0.29) is 11.0 Å². The fourth-order valence-corrected chi connectivity index (χ4v) is 4.10. The number of nitrogens with zero attached hydrogens (tertiary/aromatic N) is 2. The van der Waals surface area contributed by atoms with Gasteiger partial charge in [0.25, 0.3) is 5.91 Å². The topological polar surface area (TPSA) is 61.9 Å². The summed E-state index contributed by atoms with van der Waals surface area (Å²) >= 11 is 6.80. The van der Waals surface area contributed by atoms with Crippen LogP contribution in [0.4, 0.5) is 10.5 Å². The highest BCUT2D eigenvalue weighted by atomic mass is 32.1. The van der Waals surface area contributed by atoms with Gasteiger partial charge in [0, 0.05) is 25.0 Å². The van der Waals surface area contributed by atoms with Gasteiger partial charge >= 0.3 is 6.09 Å². The largest absolute Gasteiger partial charge is 0.452 e. The van der Waals surface area contributed by atoms with Crippen LogP contribution in [0.15, 0.2) is 36.4 Å². The summed E-state index contributed by atoms with van der Waals surface area (Å²) in [6, 6.07) is 11.8. The molecule has 0 aliphatic heterocycles. The van der Waals surface area contributed by atoms with Crippen molar-refractivity contribution in [2.75, 3.05) is 32.6 Å². The van der Waals surface area contributed by atoms with Crippen molar-refractivity contribution >= 4 is 46.4 Å². The molecule has 144 valence electrons. The zero-order valence-electron chi connectivity index (χ0n) is 15.8. The molecular weight excluding hydrogens is 382 g/mol. The number of rotatable bonds is 5. The molecule has 0 saturated carbocycles. The average Bonchev–Trinajstić information content (AvgIpc) is 3.14. The number of thiophene rings is 1. The lowest BCUT2D eigenvalue weighted by Crippen LogP contribution is -2.48. The highest BCUT2D eigenvalue weighted by molar-refractivity contribution is 7.80. The Labute approximate surface area is 168 Å². The number of thiocarbonyl (C=S) groups is 1. The van der Waals surface area contributed by atoms with Gasteiger partial charge in [-0.3, -0.25) is 14.6 Å². The predicted octanol–water partition coefficient (Wildman–Crippen LogP) is 4.29. The molecule has 0 atom stereocenters. The SMILES string of the molecule is CCN(C(=O)OC)C(=S)N(CC)C(=O)c1sc(-c2ccccc2)cc1NC. The van der Waals surface area contributed by atoms with Crippen molar-refractivity contribution in [2.24, 2.45) is 0 Å². The van der Waals surface area contributed by atoms with E-state index in [1.807, 2.05) is 43.3 Å². The van der Waals surface area contributed by atoms with Crippen molar-refractivity contribution < 1.29 is 14.3 Å². The van der Waals surface area contributed by atoms with Crippen molar-refractivity contribution in [3.8, 4) is 10.4 Å². The van der Waals surface area contributed by atoms with Crippen LogP contribution in [0.25, 0.3) is 10.4 Å². The molecule has 1 heterocycles. The first-order valence-corrected chi connectivity index (χ1v) is 9.79. The Morgan fingerprint density at radius 1 is 1.15 bits per heavy atom. The zero-order chi connectivity index (χ0) is 20.0. The van der Waals surface area contributed by atoms with Crippen LogP contribution in [-0.2, 0) is 4.74 Å². The van der Waals surface area contributed by atoms with Gasteiger partial charge in [0.15, 0.2) is 5.11 Å². The number of hydrogen-bond donors (Lipinski definition) is 1. The Balaban J connectivity index is 2.38. The third kappa shape index (κ3) is 4.45. The Morgan fingerprint density at radius 2 is 1.78 bits per heavy atom. The lowest BCUT2D eigenvalue weighted by molar-refractivity contribution is 0.0842. The second kappa shape index (κ2) is 9.48. The summed E-state index contributed by atoms with van der Waals surface area (Å²) in [7, 11) is 3.06. The summed E-state index contributed by atoms with van der Waals surface area (Å²) in [5.41, 5.74) is 1.76. The van der Waals surface area contributed by atoms with Gasteiger partial charge < -0.3 is 10.1 Å². The van der Waals surface area contributed by atoms with Crippen molar-refractivity contribution in [2.45, 2.75) is 13.8 Å². The molecule has 2 rings (SSSR count). The molecule has 0 bridgehead atoms. The van der Waals surface area contributed by atoms with E-state index in [0.29, 0.717) is 18.0 Å². The summed E-state index contributed by atoms with van der Waals surface area (Å²) < 4.78 is 4.76. The van der Waals surface area contributed by atoms with Gasteiger partial charge in [-0.25, -0.2) is 4.79 Å². The number of hydrogen-bond acceptors (Lipinski definition) is 6. The number of carbonyl (C=O) groups excluding carboxylic acids is 2. The summed E-state index contributed by atoms with van der Waals surface area (Å²) in [4.78, 5) is 29.3. The van der Waals surface area contributed by atoms with Gasteiger partial charge in [0.05, 0.1) is 12.8 Å². The van der Waals surface area contributed by atoms with Gasteiger partial charge in [-0.15, -0.1) is 11.3 Å². The normalized spacial score (nSPS) is 10.2. The van der Waals surface area contributed by atoms with Crippen LogP contribution in [0.1, 0.15) is 23.5 Å². The molecule has 0 aliphatic carbocycles. The van der Waals surface area contributed by atoms with Crippen molar-refractivity contribution in [3.05, 3.63) is 41.3 Å². The molecule has 0 spiro atoms. The molecule has 1 aromatic heterocycles. The summed E-state index contributed by atoms with van der Waals surface area (Å²) in [5.74, 6) is -0.249. The Kier molecular flexibility index (Phi) is 7.32. The number of anilines is 1. The van der Waals surface area contributed by atoms with Crippen molar-refractivity contribution in [3.63, 3.8) is 0 Å². The van der Waals surface area contributed by atoms with E-state index in [1.54, 1.807) is 14.0 Å². The highest BCUT2D eigenvalue weighted by Gasteiger charge is 2.29. The summed E-state index contributed by atoms with van der Waals surface area (Å²) in [5, 5.41) is 3.21. The van der Waals surface area contributed by atoms with E-state index in [9.17, 15) is 9.59 Å². The number of benzene rings is 1. The Bertz CT molecular complexity index is 821. The fourth-order valence-electron chi connectivity index (χ4n) is 2.57. The van der Waals surface area contributed by atoms with E-state index >= 15 is 0 Å². The summed E-state index contributed by atoms with van der Waals surface area (Å²) in [6.07, 6.45) is -0.584. The first kappa shape index (κ1) is 20.9. The van der Waals surface area contributed by atoms with E-state index in [1.165, 1.54) is 28.2 Å². The molecule has 0 fully saturated rings. The maximum atomic E-state index is 13.2. The van der Waals surface area contributed by atoms with Crippen LogP contribution in [-0.4, -0.2) is 54.2 Å². The van der Waals surface area contributed by atoms with Crippen LogP contribution < -0.4 is 5.32 Å². The van der Waals surface area contributed by atoms with Gasteiger partial charge in [-0.1, -0.05) is 30.3 Å². The molecule has 0 radical (unpaired) electrons. The van der Waals surface area contributed by atoms with Crippen LogP contribution >= 0.6 is 23.6 Å². The monoisotopic (exact) mass is 405 g/mol. The number of ether oxygens (including phenoxy) is 1. The molecule has 1 aromatic carbocycles. The van der Waals surface area contributed by atoms with Gasteiger partial charge in [-0.2, -0.15) is 0 Å². The second-order valence-corrected chi connectivity index (χ2v) is 6.93. The van der Waals surface area contributed by atoms with E-state index in [2.05, 4.69) is 5.32 Å². The van der Waals surface area contributed by atoms with Gasteiger partial charge in [0.1, 0.15) is 4.88 Å². The molecule has 0 aliphatic rings. The Morgan fingerprint density at radius 3 is 2.30 bits per heavy atom. The first-order valence-electron chi connectivity index (χ1n) is 8.56. The van der Waals surface area contributed by atoms with E-state index < -0.39 is 6.09 Å². The second-order valence-electron chi connectivity index (χ2n) is 5.52. The molecular formula is C19H23N3O3S2. The average molecular weight is 406 g/mol. The minimum atomic E-state index is -0.584. The molecule has 0 saturated heterocycles. The number of amides is 2.